The van der Waals surface area contributed by atoms with Crippen molar-refractivity contribution in [1.82, 2.24) is 9.55 Å². The van der Waals surface area contributed by atoms with Gasteiger partial charge in [-0.15, -0.1) is 11.6 Å². The van der Waals surface area contributed by atoms with Crippen LogP contribution >= 0.6 is 23.4 Å². The zero-order valence-corrected chi connectivity index (χ0v) is 13.8. The summed E-state index contributed by atoms with van der Waals surface area (Å²) in [6.07, 6.45) is 2.15. The molecule has 0 aliphatic rings. The maximum absolute atomic E-state index is 6.30. The van der Waals surface area contributed by atoms with E-state index >= 15 is 0 Å². The van der Waals surface area contributed by atoms with Crippen molar-refractivity contribution < 1.29 is 0 Å². The molecule has 0 bridgehead atoms. The molecule has 2 rings (SSSR count). The van der Waals surface area contributed by atoms with Crippen LogP contribution in [0.1, 0.15) is 37.5 Å². The van der Waals surface area contributed by atoms with Crippen LogP contribution < -0.4 is 0 Å². The van der Waals surface area contributed by atoms with Gasteiger partial charge in [-0.05, 0) is 51.6 Å². The van der Waals surface area contributed by atoms with Crippen molar-refractivity contribution in [1.29, 1.82) is 0 Å². The number of aryl methyl sites for hydroxylation is 1. The molecule has 2 aromatic rings. The van der Waals surface area contributed by atoms with E-state index in [0.717, 1.165) is 17.9 Å². The lowest BCUT2D eigenvalue weighted by Gasteiger charge is -2.24. The maximum atomic E-state index is 6.30. The number of hydrogen-bond acceptors (Lipinski definition) is 2. The summed E-state index contributed by atoms with van der Waals surface area (Å²) in [6, 6.07) is 6.37. The zero-order chi connectivity index (χ0) is 14.2. The Morgan fingerprint density at radius 3 is 2.68 bits per heavy atom. The summed E-state index contributed by atoms with van der Waals surface area (Å²) in [5.41, 5.74) is 3.47. The number of rotatable bonds is 4. The molecule has 0 amide bonds. The van der Waals surface area contributed by atoms with Gasteiger partial charge < -0.3 is 4.57 Å². The molecular weight excluding hydrogens is 276 g/mol. The minimum absolute atomic E-state index is 0.0784. The summed E-state index contributed by atoms with van der Waals surface area (Å²) in [5.74, 6) is 0.962. The van der Waals surface area contributed by atoms with Crippen LogP contribution in [0, 0.1) is 6.92 Å². The smallest absolute Gasteiger partial charge is 0.127 e. The van der Waals surface area contributed by atoms with E-state index in [1.54, 1.807) is 0 Å². The second-order valence-corrected chi connectivity index (χ2v) is 7.80. The van der Waals surface area contributed by atoms with Gasteiger partial charge >= 0.3 is 0 Å². The molecule has 0 saturated heterocycles. The van der Waals surface area contributed by atoms with Gasteiger partial charge in [0.25, 0.3) is 0 Å². The number of fused-ring (bicyclic) bond motifs is 1. The van der Waals surface area contributed by atoms with E-state index in [4.69, 9.17) is 16.6 Å². The van der Waals surface area contributed by atoms with Crippen molar-refractivity contribution in [2.75, 3.05) is 6.26 Å². The van der Waals surface area contributed by atoms with Crippen LogP contribution in [-0.4, -0.2) is 20.6 Å². The summed E-state index contributed by atoms with van der Waals surface area (Å²) in [5, 5.41) is -0.0784. The van der Waals surface area contributed by atoms with Crippen molar-refractivity contribution in [3.8, 4) is 0 Å². The highest BCUT2D eigenvalue weighted by Gasteiger charge is 2.22. The van der Waals surface area contributed by atoms with E-state index in [1.807, 2.05) is 18.7 Å². The zero-order valence-electron chi connectivity index (χ0n) is 12.2. The Bertz CT molecular complexity index is 587. The number of halogens is 1. The quantitative estimate of drug-likeness (QED) is 0.755. The largest absolute Gasteiger partial charge is 0.325 e. The molecule has 104 valence electrons. The Balaban J connectivity index is 2.60. The third kappa shape index (κ3) is 3.09. The summed E-state index contributed by atoms with van der Waals surface area (Å²) in [4.78, 5) is 4.69. The summed E-state index contributed by atoms with van der Waals surface area (Å²) in [6.45, 7) is 9.52. The minimum Gasteiger partial charge on any atom is -0.325 e. The lowest BCUT2D eigenvalue weighted by atomic mass is 10.2. The first kappa shape index (κ1) is 14.7. The summed E-state index contributed by atoms with van der Waals surface area (Å²) >= 11 is 8.17. The number of benzene rings is 1. The molecule has 0 spiro atoms. The first-order valence-corrected chi connectivity index (χ1v) is 8.16. The van der Waals surface area contributed by atoms with Crippen LogP contribution in [0.25, 0.3) is 11.0 Å². The Labute approximate surface area is 124 Å². The van der Waals surface area contributed by atoms with E-state index < -0.39 is 0 Å². The fourth-order valence-corrected chi connectivity index (χ4v) is 2.59. The molecule has 0 aliphatic carbocycles. The molecule has 0 radical (unpaired) electrons. The monoisotopic (exact) mass is 296 g/mol. The van der Waals surface area contributed by atoms with Crippen molar-refractivity contribution in [3.63, 3.8) is 0 Å². The fraction of sp³-hybridized carbons (Fsp3) is 0.533. The first-order chi connectivity index (χ1) is 8.84. The maximum Gasteiger partial charge on any atom is 0.127 e. The standard InChI is InChI=1S/C15H21ClN2S/c1-10-6-7-12-13(8-10)18(9-15(3,4)19-5)14(17-12)11(2)16/h6-8,11H,9H2,1-5H3. The predicted octanol–water partition coefficient (Wildman–Crippen LogP) is 4.79. The third-order valence-electron chi connectivity index (χ3n) is 3.38. The second kappa shape index (κ2) is 5.37. The van der Waals surface area contributed by atoms with Gasteiger partial charge in [-0.1, -0.05) is 6.07 Å². The molecule has 0 N–H and O–H groups in total. The number of nitrogens with zero attached hydrogens (tertiary/aromatic N) is 2. The van der Waals surface area contributed by atoms with E-state index in [1.165, 1.54) is 11.1 Å². The van der Waals surface area contributed by atoms with E-state index in [9.17, 15) is 0 Å². The highest BCUT2D eigenvalue weighted by Crippen LogP contribution is 2.30. The van der Waals surface area contributed by atoms with Crippen LogP contribution in [0.5, 0.6) is 0 Å². The molecule has 0 aliphatic heterocycles. The number of imidazole rings is 1. The summed E-state index contributed by atoms with van der Waals surface area (Å²) < 4.78 is 2.44. The first-order valence-electron chi connectivity index (χ1n) is 6.50. The normalized spacial score (nSPS) is 14.0. The van der Waals surface area contributed by atoms with Gasteiger partial charge in [0, 0.05) is 11.3 Å². The molecule has 1 unspecified atom stereocenters. The van der Waals surface area contributed by atoms with Gasteiger partial charge in [0.05, 0.1) is 16.4 Å². The van der Waals surface area contributed by atoms with Crippen LogP contribution in [0.15, 0.2) is 18.2 Å². The Morgan fingerprint density at radius 2 is 2.11 bits per heavy atom. The van der Waals surface area contributed by atoms with E-state index in [-0.39, 0.29) is 10.1 Å². The third-order valence-corrected chi connectivity index (χ3v) is 4.81. The molecule has 2 nitrogen and oxygen atoms in total. The number of thioether (sulfide) groups is 1. The number of aromatic nitrogens is 2. The summed E-state index contributed by atoms with van der Waals surface area (Å²) in [7, 11) is 0. The van der Waals surface area contributed by atoms with Crippen LogP contribution in [0.4, 0.5) is 0 Å². The fourth-order valence-electron chi connectivity index (χ4n) is 2.17. The van der Waals surface area contributed by atoms with E-state index in [2.05, 4.69) is 49.8 Å². The van der Waals surface area contributed by atoms with Crippen LogP contribution in [-0.2, 0) is 6.54 Å². The van der Waals surface area contributed by atoms with Crippen molar-refractivity contribution in [2.24, 2.45) is 0 Å². The van der Waals surface area contributed by atoms with Gasteiger partial charge in [0.1, 0.15) is 5.82 Å². The van der Waals surface area contributed by atoms with Gasteiger partial charge in [0.15, 0.2) is 0 Å². The van der Waals surface area contributed by atoms with Gasteiger partial charge in [-0.25, -0.2) is 4.98 Å². The van der Waals surface area contributed by atoms with Crippen LogP contribution in [0.2, 0.25) is 0 Å². The predicted molar refractivity (Wildman–Crippen MR) is 86.3 cm³/mol. The molecule has 1 aromatic carbocycles. The van der Waals surface area contributed by atoms with Gasteiger partial charge in [0.2, 0.25) is 0 Å². The second-order valence-electron chi connectivity index (χ2n) is 5.63. The molecular formula is C15H21ClN2S. The molecule has 1 heterocycles. The highest BCUT2D eigenvalue weighted by atomic mass is 35.5. The SMILES string of the molecule is CSC(C)(C)Cn1c(C(C)Cl)nc2ccc(C)cc21. The van der Waals surface area contributed by atoms with E-state index in [0.29, 0.717) is 0 Å². The molecule has 0 saturated carbocycles. The Morgan fingerprint density at radius 1 is 1.42 bits per heavy atom. The molecule has 19 heavy (non-hydrogen) atoms. The molecule has 0 fully saturated rings. The average Bonchev–Trinajstić information content (AvgIpc) is 2.67. The number of alkyl halides is 1. The van der Waals surface area contributed by atoms with Crippen molar-refractivity contribution in [3.05, 3.63) is 29.6 Å². The minimum atomic E-state index is -0.0784. The Kier molecular flexibility index (Phi) is 4.17. The molecule has 4 heteroatoms. The van der Waals surface area contributed by atoms with Crippen LogP contribution in [0.3, 0.4) is 0 Å². The topological polar surface area (TPSA) is 17.8 Å². The van der Waals surface area contributed by atoms with Gasteiger partial charge in [-0.2, -0.15) is 11.8 Å². The Hall–Kier alpha value is -0.670. The average molecular weight is 297 g/mol. The molecule has 1 atom stereocenters. The van der Waals surface area contributed by atoms with Crippen molar-refractivity contribution in [2.45, 2.75) is 44.4 Å². The van der Waals surface area contributed by atoms with Crippen molar-refractivity contribution >= 4 is 34.4 Å². The lowest BCUT2D eigenvalue weighted by Crippen LogP contribution is -2.23. The lowest BCUT2D eigenvalue weighted by molar-refractivity contribution is 0.559. The van der Waals surface area contributed by atoms with Gasteiger partial charge in [-0.3, -0.25) is 0 Å². The number of hydrogen-bond donors (Lipinski definition) is 0. The highest BCUT2D eigenvalue weighted by molar-refractivity contribution is 7.99. The molecule has 1 aromatic heterocycles.